The smallest absolute Gasteiger partial charge is 0.311 e. The molecule has 4 nitrogen and oxygen atoms in total. The molecule has 0 radical (unpaired) electrons. The van der Waals surface area contributed by atoms with Gasteiger partial charge < -0.3 is 9.47 Å². The molecule has 29 heavy (non-hydrogen) atoms. The van der Waals surface area contributed by atoms with Gasteiger partial charge in [-0.2, -0.15) is 5.26 Å². The fourth-order valence-corrected chi connectivity index (χ4v) is 3.58. The molecule has 150 valence electrons. The van der Waals surface area contributed by atoms with Gasteiger partial charge in [0.05, 0.1) is 5.92 Å². The van der Waals surface area contributed by atoms with E-state index in [1.54, 1.807) is 30.3 Å². The summed E-state index contributed by atoms with van der Waals surface area (Å²) in [5.41, 5.74) is 0.126. The van der Waals surface area contributed by atoms with Crippen LogP contribution in [-0.2, 0) is 9.53 Å². The van der Waals surface area contributed by atoms with Crippen molar-refractivity contribution in [3.8, 4) is 17.6 Å². The fraction of sp³-hybridized carbons (Fsp3) is 0.273. The van der Waals surface area contributed by atoms with Crippen LogP contribution in [0.3, 0.4) is 0 Å². The molecule has 7 heteroatoms. The van der Waals surface area contributed by atoms with E-state index in [-0.39, 0.29) is 21.6 Å². The van der Waals surface area contributed by atoms with E-state index in [9.17, 15) is 14.4 Å². The van der Waals surface area contributed by atoms with Gasteiger partial charge in [0.1, 0.15) is 27.9 Å². The molecule has 2 aromatic rings. The normalized spacial score (nSPS) is 20.1. The Morgan fingerprint density at radius 1 is 1.21 bits per heavy atom. The van der Waals surface area contributed by atoms with Crippen LogP contribution in [0.25, 0.3) is 0 Å². The highest BCUT2D eigenvalue weighted by molar-refractivity contribution is 6.55. The number of rotatable bonds is 6. The van der Waals surface area contributed by atoms with E-state index in [1.807, 2.05) is 19.9 Å². The fourth-order valence-electron chi connectivity index (χ4n) is 3.31. The van der Waals surface area contributed by atoms with Crippen LogP contribution in [0.5, 0.6) is 11.5 Å². The second-order valence-corrected chi connectivity index (χ2v) is 8.36. The maximum absolute atomic E-state index is 13.0. The van der Waals surface area contributed by atoms with Gasteiger partial charge in [-0.3, -0.25) is 4.79 Å². The lowest BCUT2D eigenvalue weighted by Crippen LogP contribution is -2.14. The number of carbonyl (C=O) groups excluding carboxylic acids is 1. The summed E-state index contributed by atoms with van der Waals surface area (Å²) in [7, 11) is 0. The van der Waals surface area contributed by atoms with Crippen LogP contribution in [0.15, 0.2) is 59.1 Å². The van der Waals surface area contributed by atoms with Gasteiger partial charge >= 0.3 is 5.97 Å². The zero-order valence-corrected chi connectivity index (χ0v) is 17.2. The molecule has 2 aromatic carbocycles. The largest absolute Gasteiger partial charge is 0.457 e. The van der Waals surface area contributed by atoms with Gasteiger partial charge in [-0.1, -0.05) is 49.2 Å². The molecular weight excluding hydrogens is 416 g/mol. The summed E-state index contributed by atoms with van der Waals surface area (Å²) in [6.07, 6.45) is 0.528. The second kappa shape index (κ2) is 8.44. The molecule has 1 fully saturated rings. The van der Waals surface area contributed by atoms with Crippen molar-refractivity contribution >= 4 is 29.2 Å². The Morgan fingerprint density at radius 2 is 1.90 bits per heavy atom. The van der Waals surface area contributed by atoms with Crippen molar-refractivity contribution in [3.63, 3.8) is 0 Å². The first-order valence-corrected chi connectivity index (χ1v) is 9.64. The number of nitriles is 1. The summed E-state index contributed by atoms with van der Waals surface area (Å²) in [5, 5.41) is 9.52. The van der Waals surface area contributed by atoms with Crippen LogP contribution >= 0.6 is 23.2 Å². The second-order valence-electron chi connectivity index (χ2n) is 7.36. The van der Waals surface area contributed by atoms with E-state index >= 15 is 0 Å². The topological polar surface area (TPSA) is 59.3 Å². The lowest BCUT2D eigenvalue weighted by atomic mass is 10.1. The van der Waals surface area contributed by atoms with Crippen molar-refractivity contribution in [2.24, 2.45) is 17.3 Å². The van der Waals surface area contributed by atoms with Gasteiger partial charge in [0.2, 0.25) is 6.10 Å². The van der Waals surface area contributed by atoms with Crippen LogP contribution in [0, 0.1) is 34.4 Å². The van der Waals surface area contributed by atoms with Crippen LogP contribution in [0.2, 0.25) is 0 Å². The Kier molecular flexibility index (Phi) is 6.16. The number of nitrogens with zero attached hydrogens (tertiary/aromatic N) is 1. The third-order valence-electron chi connectivity index (χ3n) is 5.03. The highest BCUT2D eigenvalue weighted by Gasteiger charge is 2.62. The molecule has 1 saturated carbocycles. The molecule has 1 aliphatic carbocycles. The van der Waals surface area contributed by atoms with Crippen LogP contribution in [0.4, 0.5) is 4.39 Å². The van der Waals surface area contributed by atoms with E-state index in [0.717, 1.165) is 0 Å². The van der Waals surface area contributed by atoms with Crippen molar-refractivity contribution in [2.45, 2.75) is 20.0 Å². The summed E-state index contributed by atoms with van der Waals surface area (Å²) in [6, 6.07) is 14.2. The third kappa shape index (κ3) is 4.90. The van der Waals surface area contributed by atoms with Crippen LogP contribution < -0.4 is 4.74 Å². The quantitative estimate of drug-likeness (QED) is 0.500. The van der Waals surface area contributed by atoms with Gasteiger partial charge in [0.25, 0.3) is 0 Å². The summed E-state index contributed by atoms with van der Waals surface area (Å²) in [5.74, 6) is -0.540. The average molecular weight is 434 g/mol. The number of allylic oxidation sites excluding steroid dienone is 1. The lowest BCUT2D eigenvalue weighted by molar-refractivity contribution is -0.149. The molecule has 0 bridgehead atoms. The van der Waals surface area contributed by atoms with Crippen molar-refractivity contribution in [1.29, 1.82) is 5.26 Å². The number of ether oxygens (including phenoxy) is 2. The molecule has 0 spiro atoms. The van der Waals surface area contributed by atoms with Gasteiger partial charge in [0.15, 0.2) is 0 Å². The highest BCUT2D eigenvalue weighted by Crippen LogP contribution is 2.60. The van der Waals surface area contributed by atoms with Crippen molar-refractivity contribution in [3.05, 3.63) is 70.5 Å². The minimum absolute atomic E-state index is 0.0980. The van der Waals surface area contributed by atoms with Gasteiger partial charge in [-0.25, -0.2) is 4.39 Å². The number of esters is 1. The first kappa shape index (κ1) is 21.2. The maximum Gasteiger partial charge on any atom is 0.311 e. The Hall–Kier alpha value is -2.55. The number of hydrogen-bond acceptors (Lipinski definition) is 4. The van der Waals surface area contributed by atoms with Crippen LogP contribution in [-0.4, -0.2) is 5.97 Å². The molecule has 0 aromatic heterocycles. The summed E-state index contributed by atoms with van der Waals surface area (Å²) < 4.78 is 24.3. The summed E-state index contributed by atoms with van der Waals surface area (Å²) in [6.45, 7) is 3.82. The van der Waals surface area contributed by atoms with E-state index in [1.165, 1.54) is 24.3 Å². The number of benzene rings is 2. The lowest BCUT2D eigenvalue weighted by Gasteiger charge is -2.13. The zero-order chi connectivity index (χ0) is 21.2. The predicted molar refractivity (Wildman–Crippen MR) is 108 cm³/mol. The van der Waals surface area contributed by atoms with Crippen molar-refractivity contribution < 1.29 is 18.7 Å². The van der Waals surface area contributed by atoms with Crippen molar-refractivity contribution in [2.75, 3.05) is 0 Å². The average Bonchev–Trinajstić information content (AvgIpc) is 3.21. The Morgan fingerprint density at radius 3 is 2.52 bits per heavy atom. The Labute approximate surface area is 178 Å². The number of halogens is 3. The van der Waals surface area contributed by atoms with Gasteiger partial charge in [-0.15, -0.1) is 0 Å². The molecule has 0 amide bonds. The van der Waals surface area contributed by atoms with Gasteiger partial charge in [-0.05, 0) is 53.8 Å². The molecule has 3 rings (SSSR count). The molecule has 3 atom stereocenters. The standard InChI is InChI=1S/C22H18Cl2FNO3/c1-22(2)17(11-19(23)24)20(22)21(27)29-18(12-26)13-4-3-5-16(10-13)28-15-8-6-14(25)7-9-15/h3-11,17-18,20H,1-2H3/t17-,18-,20-/m0/s1. The van der Waals surface area contributed by atoms with E-state index in [0.29, 0.717) is 17.1 Å². The number of hydrogen-bond donors (Lipinski definition) is 0. The summed E-state index contributed by atoms with van der Waals surface area (Å²) in [4.78, 5) is 12.6. The van der Waals surface area contributed by atoms with E-state index in [4.69, 9.17) is 32.7 Å². The minimum atomic E-state index is -1.09. The Balaban J connectivity index is 1.72. The molecular formula is C22H18Cl2FNO3. The van der Waals surface area contributed by atoms with Crippen molar-refractivity contribution in [1.82, 2.24) is 0 Å². The third-order valence-corrected chi connectivity index (χ3v) is 5.28. The van der Waals surface area contributed by atoms with Gasteiger partial charge in [0, 0.05) is 5.56 Å². The van der Waals surface area contributed by atoms with E-state index in [2.05, 4.69) is 0 Å². The molecule has 0 aliphatic heterocycles. The molecule has 0 saturated heterocycles. The van der Waals surface area contributed by atoms with E-state index < -0.39 is 18.0 Å². The first-order chi connectivity index (χ1) is 13.7. The first-order valence-electron chi connectivity index (χ1n) is 8.88. The SMILES string of the molecule is CC1(C)[C@H](C(=O)O[C@@H](C#N)c2cccc(Oc3ccc(F)cc3)c2)[C@@H]1C=C(Cl)Cl. The van der Waals surface area contributed by atoms with Crippen LogP contribution in [0.1, 0.15) is 25.5 Å². The predicted octanol–water partition coefficient (Wildman–Crippen LogP) is 6.32. The molecule has 0 N–H and O–H groups in total. The highest BCUT2D eigenvalue weighted by atomic mass is 35.5. The molecule has 0 heterocycles. The maximum atomic E-state index is 13.0. The molecule has 0 unspecified atom stereocenters. The minimum Gasteiger partial charge on any atom is -0.457 e. The number of carbonyl (C=O) groups is 1. The monoisotopic (exact) mass is 433 g/mol. The Bertz CT molecular complexity index is 978. The molecule has 1 aliphatic rings. The zero-order valence-electron chi connectivity index (χ0n) is 15.7. The summed E-state index contributed by atoms with van der Waals surface area (Å²) >= 11 is 11.4.